The molecule has 0 spiro atoms. The Morgan fingerprint density at radius 1 is 1.15 bits per heavy atom. The maximum absolute atomic E-state index is 12.4. The third-order valence-corrected chi connectivity index (χ3v) is 4.99. The Morgan fingerprint density at radius 2 is 1.93 bits per heavy atom. The fourth-order valence-electron chi connectivity index (χ4n) is 3.40. The average molecular weight is 359 g/mol. The molecule has 0 saturated carbocycles. The van der Waals surface area contributed by atoms with Crippen molar-refractivity contribution in [1.82, 2.24) is 5.32 Å². The lowest BCUT2D eigenvalue weighted by Crippen LogP contribution is -2.19. The SMILES string of the molecule is Cc1cccc(NC(=O)/C(C#N)=C\NC(C)c2ccc3c(c2)CCCC3)c1. The fraction of sp³-hybridized carbons (Fsp3) is 0.304. The van der Waals surface area contributed by atoms with E-state index in [4.69, 9.17) is 0 Å². The lowest BCUT2D eigenvalue weighted by atomic mass is 9.89. The number of aryl methyl sites for hydroxylation is 3. The minimum Gasteiger partial charge on any atom is -0.383 e. The summed E-state index contributed by atoms with van der Waals surface area (Å²) in [6, 6.07) is 16.1. The van der Waals surface area contributed by atoms with Gasteiger partial charge in [0.15, 0.2) is 0 Å². The Labute approximate surface area is 160 Å². The van der Waals surface area contributed by atoms with Gasteiger partial charge in [0.1, 0.15) is 11.6 Å². The number of nitriles is 1. The van der Waals surface area contributed by atoms with E-state index in [1.54, 1.807) is 0 Å². The van der Waals surface area contributed by atoms with Gasteiger partial charge in [-0.3, -0.25) is 4.79 Å². The molecule has 4 nitrogen and oxygen atoms in total. The molecule has 27 heavy (non-hydrogen) atoms. The van der Waals surface area contributed by atoms with Crippen LogP contribution in [0.4, 0.5) is 5.69 Å². The molecule has 1 atom stereocenters. The van der Waals surface area contributed by atoms with Crippen LogP contribution in [-0.2, 0) is 17.6 Å². The first-order chi connectivity index (χ1) is 13.1. The van der Waals surface area contributed by atoms with Crippen molar-refractivity contribution < 1.29 is 4.79 Å². The molecule has 2 aromatic rings. The van der Waals surface area contributed by atoms with E-state index in [2.05, 4.69) is 28.8 Å². The number of nitrogens with one attached hydrogen (secondary N) is 2. The summed E-state index contributed by atoms with van der Waals surface area (Å²) in [6.07, 6.45) is 6.32. The standard InChI is InChI=1S/C23H25N3O/c1-16-6-5-9-22(12-16)26-23(27)21(14-24)15-25-17(2)19-11-10-18-7-3-4-8-20(18)13-19/h5-6,9-13,15,17,25H,3-4,7-8H2,1-2H3,(H,26,27)/b21-15-. The van der Waals surface area contributed by atoms with E-state index in [-0.39, 0.29) is 11.6 Å². The smallest absolute Gasteiger partial charge is 0.267 e. The summed E-state index contributed by atoms with van der Waals surface area (Å²) in [5.74, 6) is -0.409. The number of nitrogens with zero attached hydrogens (tertiary/aromatic N) is 1. The summed E-state index contributed by atoms with van der Waals surface area (Å²) >= 11 is 0. The second-order valence-corrected chi connectivity index (χ2v) is 7.12. The zero-order chi connectivity index (χ0) is 19.2. The van der Waals surface area contributed by atoms with Crippen LogP contribution in [0.25, 0.3) is 0 Å². The van der Waals surface area contributed by atoms with Crippen molar-refractivity contribution >= 4 is 11.6 Å². The molecule has 0 radical (unpaired) electrons. The number of fused-ring (bicyclic) bond motifs is 1. The molecule has 0 heterocycles. The molecule has 0 aliphatic heterocycles. The van der Waals surface area contributed by atoms with Gasteiger partial charge in [-0.2, -0.15) is 5.26 Å². The van der Waals surface area contributed by atoms with Crippen LogP contribution in [0.3, 0.4) is 0 Å². The number of carbonyl (C=O) groups excluding carboxylic acids is 1. The topological polar surface area (TPSA) is 64.9 Å². The molecular weight excluding hydrogens is 334 g/mol. The normalized spacial score (nSPS) is 14.6. The largest absolute Gasteiger partial charge is 0.383 e. The van der Waals surface area contributed by atoms with Gasteiger partial charge in [-0.15, -0.1) is 0 Å². The molecule has 1 aliphatic carbocycles. The van der Waals surface area contributed by atoms with Gasteiger partial charge in [0, 0.05) is 17.9 Å². The highest BCUT2D eigenvalue weighted by atomic mass is 16.1. The molecule has 0 bridgehead atoms. The van der Waals surface area contributed by atoms with Gasteiger partial charge in [-0.1, -0.05) is 30.3 Å². The van der Waals surface area contributed by atoms with Crippen molar-refractivity contribution in [2.75, 3.05) is 5.32 Å². The predicted octanol–water partition coefficient (Wildman–Crippen LogP) is 4.57. The molecule has 2 aromatic carbocycles. The molecule has 0 aromatic heterocycles. The maximum atomic E-state index is 12.4. The van der Waals surface area contributed by atoms with E-state index < -0.39 is 5.91 Å². The summed E-state index contributed by atoms with van der Waals surface area (Å²) in [5.41, 5.74) is 5.83. The molecule has 1 unspecified atom stereocenters. The van der Waals surface area contributed by atoms with Crippen LogP contribution in [0.1, 0.15) is 48.1 Å². The van der Waals surface area contributed by atoms with Crippen LogP contribution in [0, 0.1) is 18.3 Å². The van der Waals surface area contributed by atoms with E-state index in [1.165, 1.54) is 35.7 Å². The van der Waals surface area contributed by atoms with E-state index >= 15 is 0 Å². The minimum atomic E-state index is -0.409. The highest BCUT2D eigenvalue weighted by Crippen LogP contribution is 2.24. The lowest BCUT2D eigenvalue weighted by Gasteiger charge is -2.19. The van der Waals surface area contributed by atoms with Crippen LogP contribution in [-0.4, -0.2) is 5.91 Å². The van der Waals surface area contributed by atoms with Crippen LogP contribution in [0.15, 0.2) is 54.2 Å². The molecule has 2 N–H and O–H groups in total. The number of anilines is 1. The Bertz CT molecular complexity index is 908. The van der Waals surface area contributed by atoms with Crippen molar-refractivity contribution in [3.63, 3.8) is 0 Å². The van der Waals surface area contributed by atoms with Gasteiger partial charge in [0.05, 0.1) is 0 Å². The Balaban J connectivity index is 1.67. The van der Waals surface area contributed by atoms with E-state index in [0.29, 0.717) is 5.69 Å². The molecule has 0 fully saturated rings. The van der Waals surface area contributed by atoms with Crippen molar-refractivity contribution in [3.8, 4) is 6.07 Å². The highest BCUT2D eigenvalue weighted by molar-refractivity contribution is 6.06. The first-order valence-corrected chi connectivity index (χ1v) is 9.43. The monoisotopic (exact) mass is 359 g/mol. The number of rotatable bonds is 5. The van der Waals surface area contributed by atoms with Crippen molar-refractivity contribution in [2.24, 2.45) is 0 Å². The van der Waals surface area contributed by atoms with Gasteiger partial charge in [-0.05, 0) is 73.9 Å². The third kappa shape index (κ3) is 4.77. The first-order valence-electron chi connectivity index (χ1n) is 9.43. The van der Waals surface area contributed by atoms with E-state index in [9.17, 15) is 10.1 Å². The van der Waals surface area contributed by atoms with Crippen molar-refractivity contribution in [1.29, 1.82) is 5.26 Å². The maximum Gasteiger partial charge on any atom is 0.267 e. The quantitative estimate of drug-likeness (QED) is 0.607. The van der Waals surface area contributed by atoms with Gasteiger partial charge >= 0.3 is 0 Å². The highest BCUT2D eigenvalue weighted by Gasteiger charge is 2.13. The van der Waals surface area contributed by atoms with Crippen molar-refractivity contribution in [2.45, 2.75) is 45.6 Å². The summed E-state index contributed by atoms with van der Waals surface area (Å²) in [7, 11) is 0. The van der Waals surface area contributed by atoms with E-state index in [0.717, 1.165) is 18.4 Å². The number of amides is 1. The Morgan fingerprint density at radius 3 is 2.67 bits per heavy atom. The predicted molar refractivity (Wildman–Crippen MR) is 108 cm³/mol. The van der Waals surface area contributed by atoms with Gasteiger partial charge < -0.3 is 10.6 Å². The Kier molecular flexibility index (Phi) is 5.93. The summed E-state index contributed by atoms with van der Waals surface area (Å²) in [4.78, 5) is 12.4. The fourth-order valence-corrected chi connectivity index (χ4v) is 3.40. The lowest BCUT2D eigenvalue weighted by molar-refractivity contribution is -0.112. The Hall–Kier alpha value is -3.06. The molecule has 3 rings (SSSR count). The molecule has 0 saturated heterocycles. The molecule has 138 valence electrons. The minimum absolute atomic E-state index is 0.0207. The van der Waals surface area contributed by atoms with Gasteiger partial charge in [-0.25, -0.2) is 0 Å². The average Bonchev–Trinajstić information content (AvgIpc) is 2.68. The summed E-state index contributed by atoms with van der Waals surface area (Å²) < 4.78 is 0. The van der Waals surface area contributed by atoms with Crippen LogP contribution >= 0.6 is 0 Å². The second kappa shape index (κ2) is 8.55. The molecular formula is C23H25N3O. The van der Waals surface area contributed by atoms with Crippen molar-refractivity contribution in [3.05, 3.63) is 76.5 Å². The third-order valence-electron chi connectivity index (χ3n) is 4.99. The van der Waals surface area contributed by atoms with E-state index in [1.807, 2.05) is 44.2 Å². The molecule has 1 amide bonds. The molecule has 4 heteroatoms. The van der Waals surface area contributed by atoms with Gasteiger partial charge in [0.2, 0.25) is 0 Å². The summed E-state index contributed by atoms with van der Waals surface area (Å²) in [6.45, 7) is 3.99. The number of hydrogen-bond donors (Lipinski definition) is 2. The summed E-state index contributed by atoms with van der Waals surface area (Å²) in [5, 5.41) is 15.3. The number of benzene rings is 2. The van der Waals surface area contributed by atoms with Crippen LogP contribution in [0.2, 0.25) is 0 Å². The van der Waals surface area contributed by atoms with Crippen LogP contribution in [0.5, 0.6) is 0 Å². The number of hydrogen-bond acceptors (Lipinski definition) is 3. The number of carbonyl (C=O) groups is 1. The zero-order valence-electron chi connectivity index (χ0n) is 15.9. The first kappa shape index (κ1) is 18.7. The molecule has 1 aliphatic rings. The second-order valence-electron chi connectivity index (χ2n) is 7.12. The van der Waals surface area contributed by atoms with Crippen LogP contribution < -0.4 is 10.6 Å². The van der Waals surface area contributed by atoms with Gasteiger partial charge in [0.25, 0.3) is 5.91 Å². The zero-order valence-corrected chi connectivity index (χ0v) is 15.9.